The lowest BCUT2D eigenvalue weighted by Crippen LogP contribution is -2.30. The van der Waals surface area contributed by atoms with Gasteiger partial charge in [0.15, 0.2) is 6.10 Å². The molecule has 1 aliphatic heterocycles. The smallest absolute Gasteiger partial charge is 0.339 e. The number of hydrogen-bond donors (Lipinski definition) is 0. The van der Waals surface area contributed by atoms with Crippen LogP contribution in [0.3, 0.4) is 0 Å². The van der Waals surface area contributed by atoms with E-state index in [2.05, 4.69) is 0 Å². The van der Waals surface area contributed by atoms with Crippen LogP contribution in [0.25, 0.3) is 0 Å². The summed E-state index contributed by atoms with van der Waals surface area (Å²) in [7, 11) is 1.54. The fourth-order valence-electron chi connectivity index (χ4n) is 4.78. The Hall–Kier alpha value is -4.52. The van der Waals surface area contributed by atoms with Crippen molar-refractivity contribution >= 4 is 29.3 Å². The van der Waals surface area contributed by atoms with E-state index in [0.29, 0.717) is 35.4 Å². The van der Waals surface area contributed by atoms with Gasteiger partial charge in [0.1, 0.15) is 5.75 Å². The maximum absolute atomic E-state index is 13.3. The average molecular weight is 496 g/mol. The molecule has 0 radical (unpaired) electrons. The number of Topliss-reactive ketones (excluding diaryl/α,β-unsaturated/α-hetero) is 1. The third-order valence-electron chi connectivity index (χ3n) is 6.81. The number of methoxy groups -OCH3 is 1. The second kappa shape index (κ2) is 10.2. The lowest BCUT2D eigenvalue weighted by atomic mass is 9.85. The number of esters is 1. The van der Waals surface area contributed by atoms with Gasteiger partial charge in [-0.1, -0.05) is 42.5 Å². The zero-order valence-electron chi connectivity index (χ0n) is 20.2. The van der Waals surface area contributed by atoms with Crippen LogP contribution in [-0.2, 0) is 14.3 Å². The van der Waals surface area contributed by atoms with Crippen LogP contribution >= 0.6 is 0 Å². The number of nitrogens with zero attached hydrogens (tertiary/aromatic N) is 1. The summed E-state index contributed by atoms with van der Waals surface area (Å²) in [6, 6.07) is 21.5. The molecule has 1 saturated heterocycles. The summed E-state index contributed by atoms with van der Waals surface area (Å²) in [5.74, 6) is -1.57. The van der Waals surface area contributed by atoms with Crippen LogP contribution < -0.4 is 9.64 Å². The highest BCUT2D eigenvalue weighted by molar-refractivity contribution is 6.22. The topological polar surface area (TPSA) is 90.0 Å². The van der Waals surface area contributed by atoms with Gasteiger partial charge in [-0.3, -0.25) is 19.3 Å². The van der Waals surface area contributed by atoms with Crippen LogP contribution in [0.15, 0.2) is 91.0 Å². The summed E-state index contributed by atoms with van der Waals surface area (Å²) in [6.07, 6.45) is 3.83. The molecule has 0 bridgehead atoms. The Kier molecular flexibility index (Phi) is 6.68. The third kappa shape index (κ3) is 4.68. The van der Waals surface area contributed by atoms with E-state index in [9.17, 15) is 19.2 Å². The fraction of sp³-hybridized carbons (Fsp3) is 0.200. The molecule has 7 heteroatoms. The number of rotatable bonds is 7. The molecule has 0 spiro atoms. The summed E-state index contributed by atoms with van der Waals surface area (Å²) in [5.41, 5.74) is 1.53. The Balaban J connectivity index is 1.36. The molecule has 3 aromatic rings. The predicted octanol–water partition coefficient (Wildman–Crippen LogP) is 4.93. The van der Waals surface area contributed by atoms with Gasteiger partial charge < -0.3 is 9.47 Å². The van der Waals surface area contributed by atoms with Crippen molar-refractivity contribution in [3.8, 4) is 5.75 Å². The summed E-state index contributed by atoms with van der Waals surface area (Å²) in [4.78, 5) is 53.3. The van der Waals surface area contributed by atoms with E-state index in [-0.39, 0.29) is 35.0 Å². The first-order valence-electron chi connectivity index (χ1n) is 12.0. The number of amides is 2. The molecule has 0 aromatic heterocycles. The van der Waals surface area contributed by atoms with Gasteiger partial charge in [0.2, 0.25) is 17.6 Å². The molecule has 0 N–H and O–H groups in total. The lowest BCUT2D eigenvalue weighted by Gasteiger charge is -2.18. The second-order valence-electron chi connectivity index (χ2n) is 9.00. The maximum atomic E-state index is 13.3. The van der Waals surface area contributed by atoms with E-state index in [1.54, 1.807) is 60.7 Å². The minimum Gasteiger partial charge on any atom is -0.497 e. The number of fused-ring (bicyclic) bond motifs is 1. The molecular weight excluding hydrogens is 470 g/mol. The molecule has 2 aliphatic rings. The summed E-state index contributed by atoms with van der Waals surface area (Å²) < 4.78 is 10.9. The fourth-order valence-corrected chi connectivity index (χ4v) is 4.78. The second-order valence-corrected chi connectivity index (χ2v) is 9.00. The van der Waals surface area contributed by atoms with Gasteiger partial charge in [0.05, 0.1) is 30.2 Å². The molecule has 5 rings (SSSR count). The third-order valence-corrected chi connectivity index (χ3v) is 6.81. The standard InChI is InChI=1S/C30H25NO6/c1-36-23-17-13-19(14-18-23)26(32)27(20-7-3-2-4-8-20)37-30(35)21-11-15-22(16-12-21)31-28(33)24-9-5-6-10-25(24)29(31)34/h2-8,11-18,24-25,27H,9-10H2,1H3. The van der Waals surface area contributed by atoms with Crippen molar-refractivity contribution in [2.24, 2.45) is 11.8 Å². The Labute approximate surface area is 214 Å². The molecule has 2 amide bonds. The normalized spacial score (nSPS) is 19.3. The van der Waals surface area contributed by atoms with Crippen molar-refractivity contribution in [2.45, 2.75) is 18.9 Å². The van der Waals surface area contributed by atoms with Gasteiger partial charge in [-0.05, 0) is 61.4 Å². The monoisotopic (exact) mass is 495 g/mol. The van der Waals surface area contributed by atoms with Gasteiger partial charge in [0.25, 0.3) is 0 Å². The first-order chi connectivity index (χ1) is 18.0. The van der Waals surface area contributed by atoms with Gasteiger partial charge in [0, 0.05) is 11.1 Å². The molecule has 3 aromatic carbocycles. The number of carbonyl (C=O) groups is 4. The number of carbonyl (C=O) groups excluding carboxylic acids is 4. The maximum Gasteiger partial charge on any atom is 0.339 e. The van der Waals surface area contributed by atoms with Crippen LogP contribution in [0.5, 0.6) is 5.75 Å². The minimum absolute atomic E-state index is 0.199. The average Bonchev–Trinajstić information content (AvgIpc) is 3.21. The van der Waals surface area contributed by atoms with Gasteiger partial charge in [-0.15, -0.1) is 0 Å². The van der Waals surface area contributed by atoms with Crippen molar-refractivity contribution in [3.63, 3.8) is 0 Å². The molecule has 1 fully saturated rings. The van der Waals surface area contributed by atoms with Crippen molar-refractivity contribution < 1.29 is 28.7 Å². The van der Waals surface area contributed by atoms with Gasteiger partial charge >= 0.3 is 5.97 Å². The van der Waals surface area contributed by atoms with Crippen molar-refractivity contribution in [1.29, 1.82) is 0 Å². The Morgan fingerprint density at radius 3 is 1.92 bits per heavy atom. The van der Waals surface area contributed by atoms with Crippen LogP contribution in [-0.4, -0.2) is 30.7 Å². The van der Waals surface area contributed by atoms with Crippen molar-refractivity contribution in [1.82, 2.24) is 0 Å². The highest BCUT2D eigenvalue weighted by Crippen LogP contribution is 2.37. The van der Waals surface area contributed by atoms with E-state index < -0.39 is 12.1 Å². The molecule has 37 heavy (non-hydrogen) atoms. The first kappa shape index (κ1) is 24.2. The Morgan fingerprint density at radius 1 is 0.784 bits per heavy atom. The molecule has 3 unspecified atom stereocenters. The number of benzene rings is 3. The molecule has 0 saturated carbocycles. The Bertz CT molecular complexity index is 1340. The number of ketones is 1. The van der Waals surface area contributed by atoms with Crippen LogP contribution in [0.4, 0.5) is 5.69 Å². The van der Waals surface area contributed by atoms with Crippen molar-refractivity contribution in [2.75, 3.05) is 12.0 Å². The molecular formula is C30H25NO6. The molecule has 7 nitrogen and oxygen atoms in total. The van der Waals surface area contributed by atoms with Crippen LogP contribution in [0.1, 0.15) is 45.2 Å². The minimum atomic E-state index is -1.15. The highest BCUT2D eigenvalue weighted by atomic mass is 16.5. The number of ether oxygens (including phenoxy) is 2. The summed E-state index contributed by atoms with van der Waals surface area (Å²) in [5, 5.41) is 0. The highest BCUT2D eigenvalue weighted by Gasteiger charge is 2.47. The van der Waals surface area contributed by atoms with Crippen LogP contribution in [0, 0.1) is 11.8 Å². The zero-order chi connectivity index (χ0) is 25.9. The van der Waals surface area contributed by atoms with E-state index in [4.69, 9.17) is 9.47 Å². The summed E-state index contributed by atoms with van der Waals surface area (Å²) in [6.45, 7) is 0. The first-order valence-corrected chi connectivity index (χ1v) is 12.0. The number of imide groups is 1. The van der Waals surface area contributed by atoms with Gasteiger partial charge in [-0.25, -0.2) is 4.79 Å². The Morgan fingerprint density at radius 2 is 1.35 bits per heavy atom. The quantitative estimate of drug-likeness (QED) is 0.200. The SMILES string of the molecule is COc1ccc(C(=O)C(OC(=O)c2ccc(N3C(=O)C4CC=CCC4C3=O)cc2)c2ccccc2)cc1. The van der Waals surface area contributed by atoms with Gasteiger partial charge in [-0.2, -0.15) is 0 Å². The number of allylic oxidation sites excluding steroid dienone is 2. The molecule has 1 heterocycles. The predicted molar refractivity (Wildman–Crippen MR) is 136 cm³/mol. The van der Waals surface area contributed by atoms with Crippen molar-refractivity contribution in [3.05, 3.63) is 108 Å². The summed E-state index contributed by atoms with van der Waals surface area (Å²) >= 11 is 0. The van der Waals surface area contributed by atoms with Crippen LogP contribution in [0.2, 0.25) is 0 Å². The molecule has 1 aliphatic carbocycles. The molecule has 186 valence electrons. The van der Waals surface area contributed by atoms with E-state index in [1.807, 2.05) is 18.2 Å². The largest absolute Gasteiger partial charge is 0.497 e. The lowest BCUT2D eigenvalue weighted by molar-refractivity contribution is -0.122. The van der Waals surface area contributed by atoms with E-state index in [1.165, 1.54) is 24.1 Å². The molecule has 3 atom stereocenters. The van der Waals surface area contributed by atoms with E-state index in [0.717, 1.165) is 0 Å². The number of hydrogen-bond acceptors (Lipinski definition) is 6. The zero-order valence-corrected chi connectivity index (χ0v) is 20.2. The van der Waals surface area contributed by atoms with E-state index >= 15 is 0 Å². The number of anilines is 1.